The molecule has 1 heterocycles. The minimum Gasteiger partial charge on any atom is -0.497 e. The van der Waals surface area contributed by atoms with Crippen molar-refractivity contribution >= 4 is 11.9 Å². The molecule has 3 nitrogen and oxygen atoms in total. The van der Waals surface area contributed by atoms with E-state index in [0.717, 1.165) is 40.9 Å². The van der Waals surface area contributed by atoms with Crippen LogP contribution in [0.4, 0.5) is 0 Å². The molecule has 0 spiro atoms. The molecule has 1 aliphatic carbocycles. The fourth-order valence-electron chi connectivity index (χ4n) is 2.47. The number of benzene rings is 1. The molecule has 1 aromatic heterocycles. The van der Waals surface area contributed by atoms with Gasteiger partial charge in [-0.05, 0) is 48.2 Å². The third-order valence-electron chi connectivity index (χ3n) is 3.54. The van der Waals surface area contributed by atoms with Crippen LogP contribution in [0.2, 0.25) is 0 Å². The number of carbonyl (C=O) groups excluding carboxylic acids is 1. The molecule has 2 aromatic rings. The molecule has 0 aliphatic heterocycles. The highest BCUT2D eigenvalue weighted by Gasteiger charge is 2.22. The molecule has 3 rings (SSSR count). The number of methoxy groups -OCH3 is 1. The van der Waals surface area contributed by atoms with Crippen molar-refractivity contribution in [1.29, 1.82) is 0 Å². The molecule has 1 aromatic carbocycles. The average Bonchev–Trinajstić information content (AvgIpc) is 2.51. The molecule has 0 radical (unpaired) electrons. The number of aromatic nitrogens is 1. The molecule has 100 valence electrons. The van der Waals surface area contributed by atoms with Crippen molar-refractivity contribution in [1.82, 2.24) is 4.98 Å². The van der Waals surface area contributed by atoms with Gasteiger partial charge in [-0.1, -0.05) is 12.1 Å². The predicted octanol–water partition coefficient (Wildman–Crippen LogP) is 3.30. The van der Waals surface area contributed by atoms with Crippen LogP contribution in [0.3, 0.4) is 0 Å². The van der Waals surface area contributed by atoms with Crippen molar-refractivity contribution in [3.05, 3.63) is 65.0 Å². The fourth-order valence-corrected chi connectivity index (χ4v) is 2.47. The van der Waals surface area contributed by atoms with Crippen LogP contribution >= 0.6 is 0 Å². The van der Waals surface area contributed by atoms with Crippen molar-refractivity contribution in [2.75, 3.05) is 7.11 Å². The zero-order valence-electron chi connectivity index (χ0n) is 11.3. The molecule has 0 unspecified atom stereocenters. The smallest absolute Gasteiger partial charge is 0.189 e. The highest BCUT2D eigenvalue weighted by molar-refractivity contribution is 6.13. The SMILES string of the molecule is COc1ccc2c(c1)C(=O)/C(=C/c1cccnc1)CC2. The molecule has 0 saturated carbocycles. The molecule has 1 aliphatic rings. The van der Waals surface area contributed by atoms with Crippen LogP contribution in [-0.2, 0) is 6.42 Å². The summed E-state index contributed by atoms with van der Waals surface area (Å²) in [6.07, 6.45) is 7.08. The molecule has 0 N–H and O–H groups in total. The topological polar surface area (TPSA) is 39.2 Å². The van der Waals surface area contributed by atoms with Crippen LogP contribution in [0.25, 0.3) is 6.08 Å². The summed E-state index contributed by atoms with van der Waals surface area (Å²) in [5.41, 5.74) is 3.64. The van der Waals surface area contributed by atoms with Crippen LogP contribution in [0.5, 0.6) is 5.75 Å². The van der Waals surface area contributed by atoms with Gasteiger partial charge in [0.05, 0.1) is 7.11 Å². The Balaban J connectivity index is 1.98. The van der Waals surface area contributed by atoms with Gasteiger partial charge in [0.2, 0.25) is 0 Å². The normalized spacial score (nSPS) is 16.1. The number of hydrogen-bond donors (Lipinski definition) is 0. The minimum atomic E-state index is 0.0917. The monoisotopic (exact) mass is 265 g/mol. The van der Waals surface area contributed by atoms with E-state index >= 15 is 0 Å². The molecule has 0 amide bonds. The highest BCUT2D eigenvalue weighted by atomic mass is 16.5. The maximum atomic E-state index is 12.5. The lowest BCUT2D eigenvalue weighted by Crippen LogP contribution is -2.14. The summed E-state index contributed by atoms with van der Waals surface area (Å²) in [5, 5.41) is 0. The lowest BCUT2D eigenvalue weighted by atomic mass is 9.86. The maximum absolute atomic E-state index is 12.5. The summed E-state index contributed by atoms with van der Waals surface area (Å²) in [4.78, 5) is 16.6. The number of ether oxygens (including phenoxy) is 1. The first-order valence-corrected chi connectivity index (χ1v) is 6.60. The Labute approximate surface area is 117 Å². The number of rotatable bonds is 2. The number of fused-ring (bicyclic) bond motifs is 1. The Morgan fingerprint density at radius 2 is 2.15 bits per heavy atom. The van der Waals surface area contributed by atoms with E-state index in [0.29, 0.717) is 0 Å². The van der Waals surface area contributed by atoms with Crippen molar-refractivity contribution in [2.45, 2.75) is 12.8 Å². The highest BCUT2D eigenvalue weighted by Crippen LogP contribution is 2.29. The van der Waals surface area contributed by atoms with E-state index in [1.54, 1.807) is 19.5 Å². The predicted molar refractivity (Wildman–Crippen MR) is 77.9 cm³/mol. The number of pyridine rings is 1. The first-order chi connectivity index (χ1) is 9.78. The average molecular weight is 265 g/mol. The Morgan fingerprint density at radius 1 is 1.25 bits per heavy atom. The largest absolute Gasteiger partial charge is 0.497 e. The second-order valence-electron chi connectivity index (χ2n) is 4.81. The number of ketones is 1. The van der Waals surface area contributed by atoms with Gasteiger partial charge < -0.3 is 4.74 Å². The Bertz CT molecular complexity index is 675. The quantitative estimate of drug-likeness (QED) is 0.782. The van der Waals surface area contributed by atoms with E-state index in [4.69, 9.17) is 4.74 Å². The first kappa shape index (κ1) is 12.6. The van der Waals surface area contributed by atoms with Crippen molar-refractivity contribution in [3.8, 4) is 5.75 Å². The molecular weight excluding hydrogens is 250 g/mol. The van der Waals surface area contributed by atoms with E-state index in [1.165, 1.54) is 0 Å². The molecular formula is C17H15NO2. The van der Waals surface area contributed by atoms with E-state index in [-0.39, 0.29) is 5.78 Å². The Hall–Kier alpha value is -2.42. The third-order valence-corrected chi connectivity index (χ3v) is 3.54. The van der Waals surface area contributed by atoms with Crippen LogP contribution < -0.4 is 4.74 Å². The fraction of sp³-hybridized carbons (Fsp3) is 0.176. The third kappa shape index (κ3) is 2.35. The summed E-state index contributed by atoms with van der Waals surface area (Å²) in [6.45, 7) is 0. The molecule has 0 atom stereocenters. The number of carbonyl (C=O) groups is 1. The van der Waals surface area contributed by atoms with Gasteiger partial charge in [0.25, 0.3) is 0 Å². The van der Waals surface area contributed by atoms with Gasteiger partial charge in [-0.2, -0.15) is 0 Å². The second-order valence-corrected chi connectivity index (χ2v) is 4.81. The van der Waals surface area contributed by atoms with Crippen LogP contribution in [-0.4, -0.2) is 17.9 Å². The lowest BCUT2D eigenvalue weighted by molar-refractivity contribution is 0.102. The summed E-state index contributed by atoms with van der Waals surface area (Å²) in [5.74, 6) is 0.814. The molecule has 20 heavy (non-hydrogen) atoms. The van der Waals surface area contributed by atoms with Crippen molar-refractivity contribution in [2.24, 2.45) is 0 Å². The lowest BCUT2D eigenvalue weighted by Gasteiger charge is -2.18. The zero-order chi connectivity index (χ0) is 13.9. The summed E-state index contributed by atoms with van der Waals surface area (Å²) in [6, 6.07) is 9.54. The van der Waals surface area contributed by atoms with Gasteiger partial charge in [0.15, 0.2) is 5.78 Å². The summed E-state index contributed by atoms with van der Waals surface area (Å²) < 4.78 is 5.20. The summed E-state index contributed by atoms with van der Waals surface area (Å²) in [7, 11) is 1.61. The molecule has 0 saturated heterocycles. The second kappa shape index (κ2) is 5.29. The minimum absolute atomic E-state index is 0.0917. The van der Waals surface area contributed by atoms with Crippen LogP contribution in [0.15, 0.2) is 48.3 Å². The number of nitrogens with zero attached hydrogens (tertiary/aromatic N) is 1. The Kier molecular flexibility index (Phi) is 3.33. The number of hydrogen-bond acceptors (Lipinski definition) is 3. The van der Waals surface area contributed by atoms with Gasteiger partial charge in [-0.15, -0.1) is 0 Å². The number of allylic oxidation sites excluding steroid dienone is 1. The van der Waals surface area contributed by atoms with Crippen molar-refractivity contribution < 1.29 is 9.53 Å². The van der Waals surface area contributed by atoms with Gasteiger partial charge in [0, 0.05) is 23.5 Å². The van der Waals surface area contributed by atoms with E-state index in [9.17, 15) is 4.79 Å². The number of aryl methyl sites for hydroxylation is 1. The zero-order valence-corrected chi connectivity index (χ0v) is 11.3. The molecule has 3 heteroatoms. The number of Topliss-reactive ketones (excluding diaryl/α,β-unsaturated/α-hetero) is 1. The van der Waals surface area contributed by atoms with Gasteiger partial charge in [-0.25, -0.2) is 0 Å². The van der Waals surface area contributed by atoms with Gasteiger partial charge in [0.1, 0.15) is 5.75 Å². The van der Waals surface area contributed by atoms with Crippen LogP contribution in [0.1, 0.15) is 27.9 Å². The molecule has 0 bridgehead atoms. The molecule has 0 fully saturated rings. The summed E-state index contributed by atoms with van der Waals surface area (Å²) >= 11 is 0. The standard InChI is InChI=1S/C17H15NO2/c1-20-15-7-6-13-4-5-14(17(19)16(13)10-15)9-12-3-2-8-18-11-12/h2-3,6-11H,4-5H2,1H3/b14-9+. The Morgan fingerprint density at radius 3 is 2.90 bits per heavy atom. The van der Waals surface area contributed by atoms with E-state index in [1.807, 2.05) is 36.4 Å². The maximum Gasteiger partial charge on any atom is 0.189 e. The van der Waals surface area contributed by atoms with Gasteiger partial charge >= 0.3 is 0 Å². The first-order valence-electron chi connectivity index (χ1n) is 6.60. The van der Waals surface area contributed by atoms with Gasteiger partial charge in [-0.3, -0.25) is 9.78 Å². The van der Waals surface area contributed by atoms with Crippen molar-refractivity contribution in [3.63, 3.8) is 0 Å². The van der Waals surface area contributed by atoms with E-state index < -0.39 is 0 Å². The van der Waals surface area contributed by atoms with Crippen LogP contribution in [0, 0.1) is 0 Å². The van der Waals surface area contributed by atoms with E-state index in [2.05, 4.69) is 4.98 Å².